The van der Waals surface area contributed by atoms with E-state index in [4.69, 9.17) is 0 Å². The summed E-state index contributed by atoms with van der Waals surface area (Å²) in [4.78, 5) is 0. The summed E-state index contributed by atoms with van der Waals surface area (Å²) in [6.07, 6.45) is 12.0. The summed E-state index contributed by atoms with van der Waals surface area (Å²) in [5, 5.41) is 0. The van der Waals surface area contributed by atoms with Crippen LogP contribution < -0.4 is 0 Å². The second kappa shape index (κ2) is 4.35. The zero-order valence-corrected chi connectivity index (χ0v) is 11.8. The van der Waals surface area contributed by atoms with Crippen LogP contribution in [0.25, 0.3) is 0 Å². The second-order valence-electron chi connectivity index (χ2n) is 7.79. The van der Waals surface area contributed by atoms with Gasteiger partial charge in [0.2, 0.25) is 0 Å². The van der Waals surface area contributed by atoms with Crippen molar-refractivity contribution < 1.29 is 0 Å². The van der Waals surface area contributed by atoms with Crippen LogP contribution in [0.3, 0.4) is 0 Å². The number of hydrogen-bond acceptors (Lipinski definition) is 0. The van der Waals surface area contributed by atoms with Crippen molar-refractivity contribution >= 4 is 0 Å². The van der Waals surface area contributed by atoms with Crippen molar-refractivity contribution in [3.05, 3.63) is 0 Å². The standard InChI is InChI=1S/C16H30/c1-13(2)14-7-5-9-16(11-14)10-6-8-15(3,4)12-16/h13-14H,5-12H2,1-4H3. The Kier molecular flexibility index (Phi) is 3.39. The highest BCUT2D eigenvalue weighted by Crippen LogP contribution is 2.55. The lowest BCUT2D eigenvalue weighted by Crippen LogP contribution is -2.38. The lowest BCUT2D eigenvalue weighted by Gasteiger charge is -2.50. The van der Waals surface area contributed by atoms with Gasteiger partial charge in [-0.05, 0) is 54.8 Å². The van der Waals surface area contributed by atoms with Gasteiger partial charge in [-0.25, -0.2) is 0 Å². The molecule has 2 aliphatic rings. The Hall–Kier alpha value is 0. The quantitative estimate of drug-likeness (QED) is 0.556. The Morgan fingerprint density at radius 1 is 1.00 bits per heavy atom. The lowest BCUT2D eigenvalue weighted by atomic mass is 9.55. The Morgan fingerprint density at radius 3 is 2.31 bits per heavy atom. The van der Waals surface area contributed by atoms with E-state index in [1.807, 2.05) is 0 Å². The molecule has 2 fully saturated rings. The van der Waals surface area contributed by atoms with Crippen molar-refractivity contribution in [2.45, 2.75) is 79.1 Å². The van der Waals surface area contributed by atoms with Crippen LogP contribution in [0.4, 0.5) is 0 Å². The first-order valence-corrected chi connectivity index (χ1v) is 7.43. The van der Waals surface area contributed by atoms with Crippen molar-refractivity contribution in [1.29, 1.82) is 0 Å². The molecule has 0 aromatic carbocycles. The molecule has 0 heteroatoms. The molecule has 0 amide bonds. The summed E-state index contributed by atoms with van der Waals surface area (Å²) in [6.45, 7) is 9.84. The summed E-state index contributed by atoms with van der Waals surface area (Å²) in [7, 11) is 0. The van der Waals surface area contributed by atoms with Crippen LogP contribution in [0.1, 0.15) is 79.1 Å². The minimum atomic E-state index is 0.622. The molecule has 2 unspecified atom stereocenters. The second-order valence-corrected chi connectivity index (χ2v) is 7.79. The predicted molar refractivity (Wildman–Crippen MR) is 71.5 cm³/mol. The van der Waals surface area contributed by atoms with Crippen molar-refractivity contribution in [3.8, 4) is 0 Å². The van der Waals surface area contributed by atoms with Gasteiger partial charge in [0, 0.05) is 0 Å². The van der Waals surface area contributed by atoms with Crippen LogP contribution in [0.5, 0.6) is 0 Å². The van der Waals surface area contributed by atoms with Crippen LogP contribution >= 0.6 is 0 Å². The molecule has 0 radical (unpaired) electrons. The fraction of sp³-hybridized carbons (Fsp3) is 1.00. The Labute approximate surface area is 102 Å². The van der Waals surface area contributed by atoms with Gasteiger partial charge in [0.25, 0.3) is 0 Å². The normalized spacial score (nSPS) is 39.2. The lowest BCUT2D eigenvalue weighted by molar-refractivity contribution is 0.0156. The topological polar surface area (TPSA) is 0 Å². The predicted octanol–water partition coefficient (Wildman–Crippen LogP) is 5.42. The molecular weight excluding hydrogens is 192 g/mol. The first-order chi connectivity index (χ1) is 7.43. The van der Waals surface area contributed by atoms with E-state index in [9.17, 15) is 0 Å². The summed E-state index contributed by atoms with van der Waals surface area (Å²) >= 11 is 0. The molecule has 0 aliphatic heterocycles. The van der Waals surface area contributed by atoms with Gasteiger partial charge >= 0.3 is 0 Å². The monoisotopic (exact) mass is 222 g/mol. The molecule has 0 bridgehead atoms. The van der Waals surface area contributed by atoms with E-state index in [0.29, 0.717) is 5.41 Å². The molecule has 1 spiro atoms. The maximum absolute atomic E-state index is 2.49. The van der Waals surface area contributed by atoms with Gasteiger partial charge in [-0.2, -0.15) is 0 Å². The van der Waals surface area contributed by atoms with Crippen LogP contribution in [0.15, 0.2) is 0 Å². The first kappa shape index (κ1) is 12.5. The van der Waals surface area contributed by atoms with E-state index in [-0.39, 0.29) is 0 Å². The Bertz CT molecular complexity index is 234. The van der Waals surface area contributed by atoms with Crippen LogP contribution in [0, 0.1) is 22.7 Å². The maximum Gasteiger partial charge on any atom is -0.0290 e. The largest absolute Gasteiger partial charge is 0.0625 e. The van der Waals surface area contributed by atoms with Gasteiger partial charge in [-0.15, -0.1) is 0 Å². The van der Waals surface area contributed by atoms with Crippen molar-refractivity contribution in [1.82, 2.24) is 0 Å². The van der Waals surface area contributed by atoms with E-state index in [2.05, 4.69) is 27.7 Å². The molecule has 2 rings (SSSR count). The minimum absolute atomic E-state index is 0.622. The number of hydrogen-bond donors (Lipinski definition) is 0. The van der Waals surface area contributed by atoms with Gasteiger partial charge < -0.3 is 0 Å². The molecule has 16 heavy (non-hydrogen) atoms. The third-order valence-corrected chi connectivity index (χ3v) is 5.33. The van der Waals surface area contributed by atoms with Crippen LogP contribution in [-0.4, -0.2) is 0 Å². The molecule has 2 atom stereocenters. The fourth-order valence-corrected chi connectivity index (χ4v) is 4.59. The zero-order chi connectivity index (χ0) is 11.8. The van der Waals surface area contributed by atoms with E-state index in [0.717, 1.165) is 17.3 Å². The molecule has 94 valence electrons. The van der Waals surface area contributed by atoms with Crippen LogP contribution in [0.2, 0.25) is 0 Å². The molecule has 0 N–H and O–H groups in total. The molecule has 0 aromatic heterocycles. The van der Waals surface area contributed by atoms with E-state index < -0.39 is 0 Å². The van der Waals surface area contributed by atoms with Gasteiger partial charge in [0.1, 0.15) is 0 Å². The Morgan fingerprint density at radius 2 is 1.69 bits per heavy atom. The summed E-state index contributed by atoms with van der Waals surface area (Å²) in [5.74, 6) is 1.92. The zero-order valence-electron chi connectivity index (χ0n) is 11.8. The SMILES string of the molecule is CC(C)C1CCCC2(CCCC(C)(C)C2)C1. The molecule has 0 nitrogen and oxygen atoms in total. The summed E-state index contributed by atoms with van der Waals surface area (Å²) in [5.41, 5.74) is 1.37. The minimum Gasteiger partial charge on any atom is -0.0625 e. The third-order valence-electron chi connectivity index (χ3n) is 5.33. The maximum atomic E-state index is 2.49. The highest BCUT2D eigenvalue weighted by molar-refractivity contribution is 4.94. The summed E-state index contributed by atoms with van der Waals surface area (Å²) < 4.78 is 0. The van der Waals surface area contributed by atoms with E-state index in [1.165, 1.54) is 51.4 Å². The highest BCUT2D eigenvalue weighted by Gasteiger charge is 2.43. The molecule has 0 heterocycles. The van der Waals surface area contributed by atoms with Crippen molar-refractivity contribution in [2.75, 3.05) is 0 Å². The average Bonchev–Trinajstić information content (AvgIpc) is 2.15. The van der Waals surface area contributed by atoms with E-state index in [1.54, 1.807) is 0 Å². The Balaban J connectivity index is 2.06. The molecule has 2 aliphatic carbocycles. The molecule has 0 saturated heterocycles. The van der Waals surface area contributed by atoms with Crippen LogP contribution in [-0.2, 0) is 0 Å². The number of rotatable bonds is 1. The van der Waals surface area contributed by atoms with Crippen molar-refractivity contribution in [2.24, 2.45) is 22.7 Å². The van der Waals surface area contributed by atoms with Crippen molar-refractivity contribution in [3.63, 3.8) is 0 Å². The first-order valence-electron chi connectivity index (χ1n) is 7.43. The summed E-state index contributed by atoms with van der Waals surface area (Å²) in [6, 6.07) is 0. The smallest absolute Gasteiger partial charge is 0.0290 e. The molecule has 2 saturated carbocycles. The van der Waals surface area contributed by atoms with Gasteiger partial charge in [0.15, 0.2) is 0 Å². The van der Waals surface area contributed by atoms with E-state index >= 15 is 0 Å². The van der Waals surface area contributed by atoms with Gasteiger partial charge in [-0.3, -0.25) is 0 Å². The molecular formula is C16H30. The van der Waals surface area contributed by atoms with Gasteiger partial charge in [0.05, 0.1) is 0 Å². The average molecular weight is 222 g/mol. The fourth-order valence-electron chi connectivity index (χ4n) is 4.59. The third kappa shape index (κ3) is 2.63. The van der Waals surface area contributed by atoms with Gasteiger partial charge in [-0.1, -0.05) is 47.0 Å². The highest BCUT2D eigenvalue weighted by atomic mass is 14.5. The molecule has 0 aromatic rings.